The van der Waals surface area contributed by atoms with Gasteiger partial charge in [-0.25, -0.2) is 0 Å². The maximum Gasteiger partial charge on any atom is 0.303 e. The van der Waals surface area contributed by atoms with Crippen molar-refractivity contribution >= 4 is 11.9 Å². The minimum atomic E-state index is -0.458. The van der Waals surface area contributed by atoms with Crippen LogP contribution in [0.4, 0.5) is 0 Å². The first-order valence-electron chi connectivity index (χ1n) is 5.66. The molecule has 0 bridgehead atoms. The molecule has 0 aliphatic heterocycles. The second-order valence-electron chi connectivity index (χ2n) is 4.36. The van der Waals surface area contributed by atoms with Gasteiger partial charge in [-0.2, -0.15) is 0 Å². The fraction of sp³-hybridized carbons (Fsp3) is 0.833. The van der Waals surface area contributed by atoms with E-state index in [1.165, 1.54) is 13.8 Å². The van der Waals surface area contributed by atoms with E-state index in [-0.39, 0.29) is 18.0 Å². The lowest BCUT2D eigenvalue weighted by Gasteiger charge is -2.28. The molecule has 16 heavy (non-hydrogen) atoms. The van der Waals surface area contributed by atoms with Crippen molar-refractivity contribution in [2.24, 2.45) is 0 Å². The van der Waals surface area contributed by atoms with Crippen LogP contribution in [0.25, 0.3) is 0 Å². The Kier molecular flexibility index (Phi) is 6.08. The first-order valence-corrected chi connectivity index (χ1v) is 5.66. The van der Waals surface area contributed by atoms with E-state index in [4.69, 9.17) is 9.47 Å². The Labute approximate surface area is 97.3 Å². The molecule has 2 unspecified atom stereocenters. The molecule has 0 rings (SSSR count). The molecule has 0 aliphatic carbocycles. The largest absolute Gasteiger partial charge is 0.463 e. The van der Waals surface area contributed by atoms with Crippen LogP contribution >= 0.6 is 0 Å². The van der Waals surface area contributed by atoms with E-state index in [1.807, 2.05) is 20.8 Å². The second kappa shape index (κ2) is 6.51. The van der Waals surface area contributed by atoms with Crippen molar-refractivity contribution in [2.45, 2.75) is 65.6 Å². The zero-order valence-electron chi connectivity index (χ0n) is 10.8. The molecule has 4 nitrogen and oxygen atoms in total. The van der Waals surface area contributed by atoms with E-state index in [0.29, 0.717) is 12.8 Å². The van der Waals surface area contributed by atoms with E-state index < -0.39 is 5.60 Å². The maximum absolute atomic E-state index is 10.9. The summed E-state index contributed by atoms with van der Waals surface area (Å²) in [6.07, 6.45) is 1.99. The molecular weight excluding hydrogens is 208 g/mol. The molecule has 0 fully saturated rings. The highest BCUT2D eigenvalue weighted by molar-refractivity contribution is 5.66. The van der Waals surface area contributed by atoms with E-state index in [0.717, 1.165) is 6.42 Å². The van der Waals surface area contributed by atoms with Crippen molar-refractivity contribution in [1.29, 1.82) is 0 Å². The van der Waals surface area contributed by atoms with Gasteiger partial charge in [0.05, 0.1) is 6.10 Å². The number of carbonyl (C=O) groups is 2. The first kappa shape index (κ1) is 14.9. The Balaban J connectivity index is 4.12. The van der Waals surface area contributed by atoms with Crippen LogP contribution < -0.4 is 0 Å². The SMILES string of the molecule is CCC(C)(CCC(C)OC(C)=O)OC(C)=O. The molecule has 0 saturated heterocycles. The molecular formula is C12H22O4. The monoisotopic (exact) mass is 230 g/mol. The lowest BCUT2D eigenvalue weighted by Crippen LogP contribution is -2.31. The van der Waals surface area contributed by atoms with Gasteiger partial charge in [0.2, 0.25) is 0 Å². The summed E-state index contributed by atoms with van der Waals surface area (Å²) in [4.78, 5) is 21.7. The van der Waals surface area contributed by atoms with E-state index in [9.17, 15) is 9.59 Å². The molecule has 0 aromatic carbocycles. The smallest absolute Gasteiger partial charge is 0.303 e. The first-order chi connectivity index (χ1) is 7.29. The van der Waals surface area contributed by atoms with Crippen molar-refractivity contribution in [2.75, 3.05) is 0 Å². The molecule has 0 saturated carbocycles. The van der Waals surface area contributed by atoms with Gasteiger partial charge in [-0.3, -0.25) is 9.59 Å². The standard InChI is InChI=1S/C12H22O4/c1-6-12(5,16-11(4)14)8-7-9(2)15-10(3)13/h9H,6-8H2,1-5H3. The fourth-order valence-corrected chi connectivity index (χ4v) is 1.50. The Bertz CT molecular complexity index is 249. The number of carbonyl (C=O) groups excluding carboxylic acids is 2. The summed E-state index contributed by atoms with van der Waals surface area (Å²) in [6, 6.07) is 0. The molecule has 2 atom stereocenters. The van der Waals surface area contributed by atoms with Crippen LogP contribution in [-0.4, -0.2) is 23.6 Å². The predicted molar refractivity (Wildman–Crippen MR) is 60.9 cm³/mol. The van der Waals surface area contributed by atoms with E-state index in [2.05, 4.69) is 0 Å². The average molecular weight is 230 g/mol. The molecule has 4 heteroatoms. The van der Waals surface area contributed by atoms with Crippen LogP contribution in [0.5, 0.6) is 0 Å². The van der Waals surface area contributed by atoms with E-state index >= 15 is 0 Å². The molecule has 0 aliphatic rings. The Hall–Kier alpha value is -1.06. The van der Waals surface area contributed by atoms with Gasteiger partial charge in [-0.15, -0.1) is 0 Å². The third kappa shape index (κ3) is 6.43. The fourth-order valence-electron chi connectivity index (χ4n) is 1.50. The quantitative estimate of drug-likeness (QED) is 0.658. The number of hydrogen-bond acceptors (Lipinski definition) is 4. The molecule has 0 amide bonds. The highest BCUT2D eigenvalue weighted by Crippen LogP contribution is 2.23. The molecule has 0 aromatic rings. The third-order valence-corrected chi connectivity index (χ3v) is 2.58. The highest BCUT2D eigenvalue weighted by Gasteiger charge is 2.26. The minimum absolute atomic E-state index is 0.140. The normalized spacial score (nSPS) is 16.1. The predicted octanol–water partition coefficient (Wildman–Crippen LogP) is 2.45. The number of ether oxygens (including phenoxy) is 2. The van der Waals surface area contributed by atoms with Crippen LogP contribution in [0.1, 0.15) is 53.9 Å². The van der Waals surface area contributed by atoms with Gasteiger partial charge in [0.1, 0.15) is 5.60 Å². The molecule has 0 spiro atoms. The zero-order chi connectivity index (χ0) is 12.8. The highest BCUT2D eigenvalue weighted by atomic mass is 16.6. The van der Waals surface area contributed by atoms with Crippen LogP contribution in [-0.2, 0) is 19.1 Å². The second-order valence-corrected chi connectivity index (χ2v) is 4.36. The van der Waals surface area contributed by atoms with Crippen molar-refractivity contribution < 1.29 is 19.1 Å². The van der Waals surface area contributed by atoms with Crippen LogP contribution in [0.2, 0.25) is 0 Å². The van der Waals surface area contributed by atoms with Gasteiger partial charge >= 0.3 is 11.9 Å². The number of hydrogen-bond donors (Lipinski definition) is 0. The Morgan fingerprint density at radius 2 is 1.81 bits per heavy atom. The van der Waals surface area contributed by atoms with Gasteiger partial charge in [-0.1, -0.05) is 6.92 Å². The van der Waals surface area contributed by atoms with Crippen molar-refractivity contribution in [3.63, 3.8) is 0 Å². The van der Waals surface area contributed by atoms with Crippen molar-refractivity contribution in [3.8, 4) is 0 Å². The van der Waals surface area contributed by atoms with Gasteiger partial charge in [0, 0.05) is 13.8 Å². The van der Waals surface area contributed by atoms with Gasteiger partial charge < -0.3 is 9.47 Å². The van der Waals surface area contributed by atoms with Crippen molar-refractivity contribution in [1.82, 2.24) is 0 Å². The third-order valence-electron chi connectivity index (χ3n) is 2.58. The van der Waals surface area contributed by atoms with Crippen LogP contribution in [0, 0.1) is 0 Å². The number of rotatable bonds is 6. The average Bonchev–Trinajstić information content (AvgIpc) is 2.13. The molecule has 0 aromatic heterocycles. The lowest BCUT2D eigenvalue weighted by molar-refractivity contribution is -0.158. The minimum Gasteiger partial charge on any atom is -0.463 e. The molecule has 0 N–H and O–H groups in total. The summed E-state index contributed by atoms with van der Waals surface area (Å²) in [5, 5.41) is 0. The maximum atomic E-state index is 10.9. The summed E-state index contributed by atoms with van der Waals surface area (Å²) >= 11 is 0. The van der Waals surface area contributed by atoms with Crippen LogP contribution in [0.3, 0.4) is 0 Å². The summed E-state index contributed by atoms with van der Waals surface area (Å²) in [5.41, 5.74) is -0.458. The Morgan fingerprint density at radius 1 is 1.25 bits per heavy atom. The Morgan fingerprint density at radius 3 is 2.19 bits per heavy atom. The van der Waals surface area contributed by atoms with Gasteiger partial charge in [-0.05, 0) is 33.1 Å². The van der Waals surface area contributed by atoms with Crippen molar-refractivity contribution in [3.05, 3.63) is 0 Å². The summed E-state index contributed by atoms with van der Waals surface area (Å²) in [5.74, 6) is -0.553. The molecule has 0 heterocycles. The molecule has 0 radical (unpaired) electrons. The van der Waals surface area contributed by atoms with Gasteiger partial charge in [0.25, 0.3) is 0 Å². The summed E-state index contributed by atoms with van der Waals surface area (Å²) in [6.45, 7) is 8.50. The topological polar surface area (TPSA) is 52.6 Å². The van der Waals surface area contributed by atoms with Gasteiger partial charge in [0.15, 0.2) is 0 Å². The van der Waals surface area contributed by atoms with Crippen LogP contribution in [0.15, 0.2) is 0 Å². The number of esters is 2. The summed E-state index contributed by atoms with van der Waals surface area (Å²) < 4.78 is 10.3. The lowest BCUT2D eigenvalue weighted by atomic mass is 9.95. The zero-order valence-corrected chi connectivity index (χ0v) is 10.8. The summed E-state index contributed by atoms with van der Waals surface area (Å²) in [7, 11) is 0. The molecule has 94 valence electrons. The van der Waals surface area contributed by atoms with E-state index in [1.54, 1.807) is 0 Å².